The Hall–Kier alpha value is -1.88. The average Bonchev–Trinajstić information content (AvgIpc) is 2.61. The molecule has 1 amide bonds. The molecule has 1 heterocycles. The molecule has 1 fully saturated rings. The molecular formula is C15H20N2O3. The molecule has 1 aliphatic heterocycles. The molecule has 0 unspecified atom stereocenters. The third kappa shape index (κ3) is 3.36. The van der Waals surface area contributed by atoms with Crippen LogP contribution in [0, 0.1) is 0 Å². The number of amides is 1. The van der Waals surface area contributed by atoms with Gasteiger partial charge < -0.3 is 9.64 Å². The summed E-state index contributed by atoms with van der Waals surface area (Å²) < 4.78 is 5.33. The second-order valence-corrected chi connectivity index (χ2v) is 5.07. The van der Waals surface area contributed by atoms with Crippen molar-refractivity contribution in [3.63, 3.8) is 0 Å². The van der Waals surface area contributed by atoms with Gasteiger partial charge in [-0.1, -0.05) is 0 Å². The molecule has 0 saturated carbocycles. The fourth-order valence-electron chi connectivity index (χ4n) is 2.42. The largest absolute Gasteiger partial charge is 0.496 e. The van der Waals surface area contributed by atoms with E-state index in [-0.39, 0.29) is 5.91 Å². The molecule has 0 aromatic heterocycles. The van der Waals surface area contributed by atoms with E-state index in [0.29, 0.717) is 18.7 Å². The molecule has 1 aromatic rings. The minimum absolute atomic E-state index is 0.132. The van der Waals surface area contributed by atoms with Crippen molar-refractivity contribution in [2.45, 2.75) is 13.0 Å². The molecule has 0 N–H and O–H groups in total. The first-order chi connectivity index (χ1) is 9.63. The zero-order chi connectivity index (χ0) is 14.5. The van der Waals surface area contributed by atoms with Gasteiger partial charge in [-0.15, -0.1) is 0 Å². The van der Waals surface area contributed by atoms with E-state index in [2.05, 4.69) is 4.90 Å². The molecule has 0 spiro atoms. The van der Waals surface area contributed by atoms with Gasteiger partial charge in [0, 0.05) is 37.8 Å². The lowest BCUT2D eigenvalue weighted by Gasteiger charge is -2.20. The van der Waals surface area contributed by atoms with Gasteiger partial charge in [-0.3, -0.25) is 14.5 Å². The van der Waals surface area contributed by atoms with Crippen LogP contribution in [0.4, 0.5) is 0 Å². The summed E-state index contributed by atoms with van der Waals surface area (Å²) in [6.07, 6.45) is 1.78. The van der Waals surface area contributed by atoms with Crippen molar-refractivity contribution in [1.29, 1.82) is 0 Å². The summed E-state index contributed by atoms with van der Waals surface area (Å²) in [4.78, 5) is 26.6. The molecule has 5 heteroatoms. The maximum atomic E-state index is 11.9. The minimum atomic E-state index is 0.132. The van der Waals surface area contributed by atoms with Crippen LogP contribution in [0.3, 0.4) is 0 Å². The zero-order valence-electron chi connectivity index (χ0n) is 12.0. The van der Waals surface area contributed by atoms with Crippen molar-refractivity contribution in [2.75, 3.05) is 33.8 Å². The number of hydrogen-bond donors (Lipinski definition) is 0. The topological polar surface area (TPSA) is 49.9 Å². The summed E-state index contributed by atoms with van der Waals surface area (Å²) in [5.41, 5.74) is 1.56. The second kappa shape index (κ2) is 6.52. The highest BCUT2D eigenvalue weighted by atomic mass is 16.5. The highest BCUT2D eigenvalue weighted by Gasteiger charge is 2.20. The molecule has 1 saturated heterocycles. The molecule has 0 aliphatic carbocycles. The summed E-state index contributed by atoms with van der Waals surface area (Å²) in [7, 11) is 3.44. The predicted molar refractivity (Wildman–Crippen MR) is 75.9 cm³/mol. The number of aldehydes is 1. The third-order valence-corrected chi connectivity index (χ3v) is 3.59. The molecule has 5 nitrogen and oxygen atoms in total. The van der Waals surface area contributed by atoms with Gasteiger partial charge in [0.1, 0.15) is 12.0 Å². The van der Waals surface area contributed by atoms with Crippen LogP contribution in [0.25, 0.3) is 0 Å². The second-order valence-electron chi connectivity index (χ2n) is 5.07. The maximum Gasteiger partial charge on any atom is 0.236 e. The molecule has 0 atom stereocenters. The van der Waals surface area contributed by atoms with Crippen LogP contribution >= 0.6 is 0 Å². The predicted octanol–water partition coefficient (Wildman–Crippen LogP) is 1.17. The Morgan fingerprint density at radius 2 is 2.15 bits per heavy atom. The monoisotopic (exact) mass is 276 g/mol. The molecule has 1 aromatic carbocycles. The quantitative estimate of drug-likeness (QED) is 0.775. The third-order valence-electron chi connectivity index (χ3n) is 3.59. The number of likely N-dealkylation sites (N-methyl/N-ethyl adjacent to an activating group) is 1. The van der Waals surface area contributed by atoms with Gasteiger partial charge in [-0.25, -0.2) is 0 Å². The van der Waals surface area contributed by atoms with E-state index in [1.807, 2.05) is 13.1 Å². The Morgan fingerprint density at radius 3 is 2.85 bits per heavy atom. The Morgan fingerprint density at radius 1 is 1.35 bits per heavy atom. The Balaban J connectivity index is 2.15. The highest BCUT2D eigenvalue weighted by molar-refractivity contribution is 5.78. The number of methoxy groups -OCH3 is 1. The van der Waals surface area contributed by atoms with Crippen LogP contribution in [-0.4, -0.2) is 55.8 Å². The summed E-state index contributed by atoms with van der Waals surface area (Å²) in [6, 6.07) is 5.35. The maximum absolute atomic E-state index is 11.9. The summed E-state index contributed by atoms with van der Waals surface area (Å²) in [5, 5.41) is 0. The molecule has 108 valence electrons. The van der Waals surface area contributed by atoms with Gasteiger partial charge >= 0.3 is 0 Å². The van der Waals surface area contributed by atoms with Crippen molar-refractivity contribution in [3.05, 3.63) is 29.3 Å². The molecule has 2 rings (SSSR count). The number of benzene rings is 1. The smallest absolute Gasteiger partial charge is 0.236 e. The van der Waals surface area contributed by atoms with E-state index in [0.717, 1.165) is 37.1 Å². The summed E-state index contributed by atoms with van der Waals surface area (Å²) >= 11 is 0. The Kier molecular flexibility index (Phi) is 4.74. The first-order valence-electron chi connectivity index (χ1n) is 6.72. The molecule has 20 heavy (non-hydrogen) atoms. The van der Waals surface area contributed by atoms with Crippen molar-refractivity contribution in [3.8, 4) is 5.75 Å². The van der Waals surface area contributed by atoms with E-state index < -0.39 is 0 Å². The van der Waals surface area contributed by atoms with Crippen molar-refractivity contribution in [1.82, 2.24) is 9.80 Å². The van der Waals surface area contributed by atoms with E-state index >= 15 is 0 Å². The number of nitrogens with zero attached hydrogens (tertiary/aromatic N) is 2. The van der Waals surface area contributed by atoms with Crippen LogP contribution < -0.4 is 4.74 Å². The highest BCUT2D eigenvalue weighted by Crippen LogP contribution is 2.21. The molecule has 1 aliphatic rings. The van der Waals surface area contributed by atoms with Crippen molar-refractivity contribution in [2.24, 2.45) is 0 Å². The van der Waals surface area contributed by atoms with Crippen molar-refractivity contribution < 1.29 is 14.3 Å². The zero-order valence-corrected chi connectivity index (χ0v) is 12.0. The molecule has 0 bridgehead atoms. The summed E-state index contributed by atoms with van der Waals surface area (Å²) in [5.74, 6) is 0.883. The summed E-state index contributed by atoms with van der Waals surface area (Å²) in [6.45, 7) is 2.68. The average molecular weight is 276 g/mol. The van der Waals surface area contributed by atoms with E-state index in [1.54, 1.807) is 24.1 Å². The number of carbonyl (C=O) groups is 2. The lowest BCUT2D eigenvalue weighted by molar-refractivity contribution is -0.130. The normalized spacial score (nSPS) is 16.9. The van der Waals surface area contributed by atoms with Gasteiger partial charge in [0.05, 0.1) is 13.7 Å². The first-order valence-corrected chi connectivity index (χ1v) is 6.72. The number of hydrogen-bond acceptors (Lipinski definition) is 4. The molecule has 0 radical (unpaired) electrons. The van der Waals surface area contributed by atoms with Crippen LogP contribution in [-0.2, 0) is 11.3 Å². The lowest BCUT2D eigenvalue weighted by atomic mass is 10.1. The Bertz CT molecular complexity index is 502. The van der Waals surface area contributed by atoms with Gasteiger partial charge in [-0.2, -0.15) is 0 Å². The van der Waals surface area contributed by atoms with Crippen LogP contribution in [0.5, 0.6) is 5.75 Å². The SMILES string of the molecule is COc1ccc(C=O)cc1CN1CCCN(C)C(=O)C1. The van der Waals surface area contributed by atoms with Crippen LogP contribution in [0.1, 0.15) is 22.3 Å². The van der Waals surface area contributed by atoms with Crippen LogP contribution in [0.15, 0.2) is 18.2 Å². The first kappa shape index (κ1) is 14.5. The lowest BCUT2D eigenvalue weighted by Crippen LogP contribution is -2.34. The number of carbonyl (C=O) groups excluding carboxylic acids is 2. The van der Waals surface area contributed by atoms with Crippen molar-refractivity contribution >= 4 is 12.2 Å². The standard InChI is InChI=1S/C15H20N2O3/c1-16-6-3-7-17(10-15(16)19)9-13-8-12(11-18)4-5-14(13)20-2/h4-5,8,11H,3,6-7,9-10H2,1-2H3. The number of ether oxygens (including phenoxy) is 1. The van der Waals surface area contributed by atoms with Gasteiger partial charge in [0.15, 0.2) is 0 Å². The minimum Gasteiger partial charge on any atom is -0.496 e. The fraction of sp³-hybridized carbons (Fsp3) is 0.467. The van der Waals surface area contributed by atoms with E-state index in [1.165, 1.54) is 0 Å². The number of rotatable bonds is 4. The van der Waals surface area contributed by atoms with E-state index in [4.69, 9.17) is 4.74 Å². The van der Waals surface area contributed by atoms with E-state index in [9.17, 15) is 9.59 Å². The fourth-order valence-corrected chi connectivity index (χ4v) is 2.42. The molecular weight excluding hydrogens is 256 g/mol. The van der Waals surface area contributed by atoms with Gasteiger partial charge in [0.2, 0.25) is 5.91 Å². The van der Waals surface area contributed by atoms with Gasteiger partial charge in [-0.05, 0) is 24.6 Å². The van der Waals surface area contributed by atoms with Gasteiger partial charge in [0.25, 0.3) is 0 Å². The van der Waals surface area contributed by atoms with Crippen LogP contribution in [0.2, 0.25) is 0 Å². The Labute approximate surface area is 119 Å².